The van der Waals surface area contributed by atoms with E-state index in [1.807, 2.05) is 45.0 Å². The number of benzene rings is 1. The number of nitrogens with zero attached hydrogens (tertiary/aromatic N) is 3. The molecule has 0 saturated carbocycles. The molecule has 32 heavy (non-hydrogen) atoms. The van der Waals surface area contributed by atoms with Crippen LogP contribution in [0.15, 0.2) is 30.3 Å². The third-order valence-electron chi connectivity index (χ3n) is 5.63. The lowest BCUT2D eigenvalue weighted by molar-refractivity contribution is 0.0519. The molecule has 1 aliphatic heterocycles. The number of aryl methyl sites for hydroxylation is 1. The molecular weight excluding hydrogens is 402 g/mol. The van der Waals surface area contributed by atoms with Gasteiger partial charge < -0.3 is 20.4 Å². The van der Waals surface area contributed by atoms with Gasteiger partial charge in [-0.3, -0.25) is 0 Å². The van der Waals surface area contributed by atoms with Gasteiger partial charge in [-0.05, 0) is 56.4 Å². The van der Waals surface area contributed by atoms with E-state index in [9.17, 15) is 10.1 Å². The minimum atomic E-state index is -0.490. The molecule has 1 aromatic carbocycles. The Hall–Kier alpha value is -3.40. The molecule has 1 aliphatic rings. The smallest absolute Gasteiger partial charge is 0.357 e. The number of hydrogen-bond donors (Lipinski definition) is 2. The fraction of sp³-hybridized carbons (Fsp3) is 0.440. The van der Waals surface area contributed by atoms with E-state index in [4.69, 9.17) is 10.1 Å². The number of nitrogens with one attached hydrogen (secondary N) is 2. The molecular formula is C25H31N5O2. The molecule has 0 atom stereocenters. The summed E-state index contributed by atoms with van der Waals surface area (Å²) in [5, 5.41) is 21.5. The summed E-state index contributed by atoms with van der Waals surface area (Å²) in [6.07, 6.45) is 1.51. The van der Waals surface area contributed by atoms with Crippen LogP contribution in [0.25, 0.3) is 0 Å². The van der Waals surface area contributed by atoms with Crippen molar-refractivity contribution in [3.8, 4) is 6.07 Å². The average Bonchev–Trinajstić information content (AvgIpc) is 2.78. The highest BCUT2D eigenvalue weighted by Gasteiger charge is 2.27. The molecule has 2 aromatic rings. The molecule has 1 saturated heterocycles. The summed E-state index contributed by atoms with van der Waals surface area (Å²) in [7, 11) is 0. The van der Waals surface area contributed by atoms with Gasteiger partial charge in [0, 0.05) is 30.4 Å². The summed E-state index contributed by atoms with van der Waals surface area (Å²) in [5.74, 6) is -0.0120. The summed E-state index contributed by atoms with van der Waals surface area (Å²) < 4.78 is 5.23. The Kier molecular flexibility index (Phi) is 7.47. The van der Waals surface area contributed by atoms with Crippen molar-refractivity contribution in [2.24, 2.45) is 11.8 Å². The molecule has 7 nitrogen and oxygen atoms in total. The molecule has 2 heterocycles. The molecule has 3 rings (SSSR count). The number of ether oxygens (including phenoxy) is 1. The highest BCUT2D eigenvalue weighted by atomic mass is 16.5. The summed E-state index contributed by atoms with van der Waals surface area (Å²) in [5.41, 5.74) is 4.06. The number of carbonyl (C=O) groups excluding carboxylic acids is 1. The van der Waals surface area contributed by atoms with Gasteiger partial charge in [-0.25, -0.2) is 9.78 Å². The van der Waals surface area contributed by atoms with Gasteiger partial charge in [-0.2, -0.15) is 5.26 Å². The zero-order valence-corrected chi connectivity index (χ0v) is 19.2. The summed E-state index contributed by atoms with van der Waals surface area (Å²) in [6, 6.07) is 12.0. The summed E-state index contributed by atoms with van der Waals surface area (Å²) in [4.78, 5) is 19.4. The fourth-order valence-corrected chi connectivity index (χ4v) is 3.84. The minimum absolute atomic E-state index is 0.0290. The zero-order chi connectivity index (χ0) is 23.3. The Labute approximate surface area is 189 Å². The van der Waals surface area contributed by atoms with Crippen molar-refractivity contribution in [2.45, 2.75) is 40.5 Å². The molecule has 0 aliphatic carbocycles. The second-order valence-corrected chi connectivity index (χ2v) is 8.42. The predicted octanol–water partition coefficient (Wildman–Crippen LogP) is 5.07. The van der Waals surface area contributed by atoms with E-state index in [0.717, 1.165) is 29.8 Å². The maximum absolute atomic E-state index is 12.6. The monoisotopic (exact) mass is 433 g/mol. The topological polar surface area (TPSA) is 102 Å². The fourth-order valence-electron chi connectivity index (χ4n) is 3.84. The van der Waals surface area contributed by atoms with E-state index < -0.39 is 5.97 Å². The number of pyridine rings is 1. The zero-order valence-electron chi connectivity index (χ0n) is 19.2. The third kappa shape index (κ3) is 5.25. The Bertz CT molecular complexity index is 1030. The van der Waals surface area contributed by atoms with Crippen molar-refractivity contribution in [3.05, 3.63) is 47.2 Å². The van der Waals surface area contributed by atoms with Crippen LogP contribution in [-0.2, 0) is 4.74 Å². The number of carbonyl (C=O) groups is 1. The maximum Gasteiger partial charge on any atom is 0.357 e. The highest BCUT2D eigenvalue weighted by molar-refractivity contribution is 6.09. The summed E-state index contributed by atoms with van der Waals surface area (Å²) >= 11 is 0. The van der Waals surface area contributed by atoms with Crippen LogP contribution in [0.3, 0.4) is 0 Å². The molecule has 0 amide bonds. The van der Waals surface area contributed by atoms with Crippen LogP contribution in [0.2, 0.25) is 0 Å². The molecule has 7 heteroatoms. The molecule has 0 unspecified atom stereocenters. The largest absolute Gasteiger partial charge is 0.461 e. The van der Waals surface area contributed by atoms with Gasteiger partial charge in [0.05, 0.1) is 23.9 Å². The van der Waals surface area contributed by atoms with Gasteiger partial charge in [0.1, 0.15) is 5.82 Å². The average molecular weight is 434 g/mol. The van der Waals surface area contributed by atoms with Crippen LogP contribution in [0, 0.1) is 35.5 Å². The van der Waals surface area contributed by atoms with Gasteiger partial charge >= 0.3 is 5.97 Å². The van der Waals surface area contributed by atoms with Crippen molar-refractivity contribution < 1.29 is 9.53 Å². The van der Waals surface area contributed by atoms with Crippen LogP contribution in [0.4, 0.5) is 17.2 Å². The molecule has 1 aromatic heterocycles. The van der Waals surface area contributed by atoms with Crippen LogP contribution >= 0.6 is 0 Å². The normalized spacial score (nSPS) is 14.2. The van der Waals surface area contributed by atoms with Gasteiger partial charge in [-0.1, -0.05) is 26.0 Å². The maximum atomic E-state index is 12.6. The Balaban J connectivity index is 2.15. The first-order valence-electron chi connectivity index (χ1n) is 11.1. The lowest BCUT2D eigenvalue weighted by Gasteiger charge is -2.33. The van der Waals surface area contributed by atoms with Crippen LogP contribution in [-0.4, -0.2) is 36.4 Å². The molecule has 0 radical (unpaired) electrons. The number of piperidine rings is 1. The van der Waals surface area contributed by atoms with Gasteiger partial charge in [0.15, 0.2) is 5.69 Å². The first kappa shape index (κ1) is 23.3. The molecule has 2 N–H and O–H groups in total. The number of anilines is 3. The second-order valence-electron chi connectivity index (χ2n) is 8.42. The van der Waals surface area contributed by atoms with E-state index in [-0.39, 0.29) is 24.1 Å². The van der Waals surface area contributed by atoms with E-state index in [2.05, 4.69) is 21.3 Å². The van der Waals surface area contributed by atoms with Crippen molar-refractivity contribution in [2.75, 3.05) is 29.9 Å². The lowest BCUT2D eigenvalue weighted by atomic mass is 9.94. The molecule has 1 fully saturated rings. The van der Waals surface area contributed by atoms with E-state index in [1.54, 1.807) is 13.0 Å². The highest BCUT2D eigenvalue weighted by Crippen LogP contribution is 2.34. The van der Waals surface area contributed by atoms with Crippen molar-refractivity contribution in [1.29, 1.82) is 10.7 Å². The number of hydrogen-bond acceptors (Lipinski definition) is 7. The number of nitriles is 1. The predicted molar refractivity (Wildman–Crippen MR) is 127 cm³/mol. The van der Waals surface area contributed by atoms with Gasteiger partial charge in [-0.15, -0.1) is 0 Å². The van der Waals surface area contributed by atoms with Crippen LogP contribution in [0.1, 0.15) is 55.2 Å². The number of esters is 1. The standard InChI is InChI=1S/C25H31N5O2/c1-5-32-25(31)20-14-21(30-11-9-18(15-26)10-12-30)22(23(27)16(2)3)24(29-20)28-19-8-6-7-17(4)13-19/h6-8,13-14,16,18,27H,5,9-12H2,1-4H3,(H,28,29). The Morgan fingerprint density at radius 3 is 2.66 bits per heavy atom. The molecule has 0 bridgehead atoms. The third-order valence-corrected chi connectivity index (χ3v) is 5.63. The van der Waals surface area contributed by atoms with Crippen molar-refractivity contribution in [3.63, 3.8) is 0 Å². The van der Waals surface area contributed by atoms with Crippen molar-refractivity contribution in [1.82, 2.24) is 4.98 Å². The number of rotatable bonds is 7. The van der Waals surface area contributed by atoms with E-state index in [0.29, 0.717) is 30.2 Å². The second kappa shape index (κ2) is 10.3. The van der Waals surface area contributed by atoms with Crippen LogP contribution in [0.5, 0.6) is 0 Å². The first-order valence-corrected chi connectivity index (χ1v) is 11.1. The first-order chi connectivity index (χ1) is 15.3. The van der Waals surface area contributed by atoms with Gasteiger partial charge in [0.25, 0.3) is 0 Å². The molecule has 168 valence electrons. The Morgan fingerprint density at radius 1 is 1.34 bits per heavy atom. The van der Waals surface area contributed by atoms with Gasteiger partial charge in [0.2, 0.25) is 0 Å². The van der Waals surface area contributed by atoms with Crippen molar-refractivity contribution >= 4 is 28.9 Å². The quantitative estimate of drug-likeness (QED) is 0.467. The SMILES string of the molecule is CCOC(=O)c1cc(N2CCC(C#N)CC2)c(C(=N)C(C)C)c(Nc2cccc(C)c2)n1. The number of aromatic nitrogens is 1. The lowest BCUT2D eigenvalue weighted by Crippen LogP contribution is -2.35. The Morgan fingerprint density at radius 2 is 2.06 bits per heavy atom. The molecule has 0 spiro atoms. The van der Waals surface area contributed by atoms with Crippen LogP contribution < -0.4 is 10.2 Å². The van der Waals surface area contributed by atoms with E-state index in [1.165, 1.54) is 0 Å². The summed E-state index contributed by atoms with van der Waals surface area (Å²) in [6.45, 7) is 9.36. The van der Waals surface area contributed by atoms with E-state index >= 15 is 0 Å². The minimum Gasteiger partial charge on any atom is -0.461 e.